The number of halogens is 1. The van der Waals surface area contributed by atoms with Crippen molar-refractivity contribution in [3.8, 4) is 16.3 Å². The second-order valence-electron chi connectivity index (χ2n) is 5.76. The number of hydrogen-bond donors (Lipinski definition) is 1. The van der Waals surface area contributed by atoms with Gasteiger partial charge in [0.25, 0.3) is 0 Å². The SMILES string of the molecule is CCOc1ccccc1-c1nc(CC(=O)Nc2ccc(Br)c(C)c2)cs1. The van der Waals surface area contributed by atoms with Gasteiger partial charge < -0.3 is 10.1 Å². The number of ether oxygens (including phenoxy) is 1. The van der Waals surface area contributed by atoms with Crippen molar-refractivity contribution in [2.75, 3.05) is 11.9 Å². The molecule has 0 fully saturated rings. The Bertz CT molecular complexity index is 924. The number of nitrogens with zero attached hydrogens (tertiary/aromatic N) is 1. The Hall–Kier alpha value is -2.18. The summed E-state index contributed by atoms with van der Waals surface area (Å²) >= 11 is 4.98. The highest BCUT2D eigenvalue weighted by atomic mass is 79.9. The molecule has 4 nitrogen and oxygen atoms in total. The lowest BCUT2D eigenvalue weighted by Crippen LogP contribution is -2.14. The highest BCUT2D eigenvalue weighted by Crippen LogP contribution is 2.32. The summed E-state index contributed by atoms with van der Waals surface area (Å²) in [5, 5.41) is 5.70. The van der Waals surface area contributed by atoms with Crippen LogP contribution >= 0.6 is 27.3 Å². The first-order valence-electron chi connectivity index (χ1n) is 8.29. The molecule has 0 atom stereocenters. The van der Waals surface area contributed by atoms with Crippen molar-refractivity contribution in [2.45, 2.75) is 20.3 Å². The summed E-state index contributed by atoms with van der Waals surface area (Å²) in [6.07, 6.45) is 0.239. The minimum absolute atomic E-state index is 0.0818. The van der Waals surface area contributed by atoms with Gasteiger partial charge in [-0.05, 0) is 49.7 Å². The Morgan fingerprint density at radius 2 is 2.08 bits per heavy atom. The van der Waals surface area contributed by atoms with E-state index in [1.165, 1.54) is 11.3 Å². The smallest absolute Gasteiger partial charge is 0.230 e. The normalized spacial score (nSPS) is 10.6. The molecule has 0 aliphatic carbocycles. The van der Waals surface area contributed by atoms with E-state index in [2.05, 4.69) is 26.2 Å². The van der Waals surface area contributed by atoms with Crippen molar-refractivity contribution in [3.63, 3.8) is 0 Å². The average molecular weight is 431 g/mol. The lowest BCUT2D eigenvalue weighted by molar-refractivity contribution is -0.115. The number of rotatable bonds is 6. The van der Waals surface area contributed by atoms with E-state index in [9.17, 15) is 4.79 Å². The average Bonchev–Trinajstić information content (AvgIpc) is 3.07. The highest BCUT2D eigenvalue weighted by molar-refractivity contribution is 9.10. The van der Waals surface area contributed by atoms with Gasteiger partial charge in [0.05, 0.1) is 24.3 Å². The second-order valence-corrected chi connectivity index (χ2v) is 7.47. The number of hydrogen-bond acceptors (Lipinski definition) is 4. The van der Waals surface area contributed by atoms with Gasteiger partial charge >= 0.3 is 0 Å². The molecule has 0 aliphatic heterocycles. The lowest BCUT2D eigenvalue weighted by Gasteiger charge is -2.07. The molecule has 134 valence electrons. The van der Waals surface area contributed by atoms with Gasteiger partial charge in [-0.1, -0.05) is 28.1 Å². The minimum atomic E-state index is -0.0818. The standard InChI is InChI=1S/C20H19BrN2O2S/c1-3-25-18-7-5-4-6-16(18)20-23-15(12-26-20)11-19(24)22-14-8-9-17(21)13(2)10-14/h4-10,12H,3,11H2,1-2H3,(H,22,24). The van der Waals surface area contributed by atoms with E-state index in [-0.39, 0.29) is 12.3 Å². The molecule has 1 aromatic heterocycles. The van der Waals surface area contributed by atoms with Gasteiger partial charge in [0.2, 0.25) is 5.91 Å². The van der Waals surface area contributed by atoms with E-state index in [4.69, 9.17) is 4.74 Å². The molecule has 1 heterocycles. The Labute approximate surface area is 165 Å². The molecule has 26 heavy (non-hydrogen) atoms. The van der Waals surface area contributed by atoms with Crippen molar-refractivity contribution in [1.29, 1.82) is 0 Å². The maximum Gasteiger partial charge on any atom is 0.230 e. The first kappa shape index (κ1) is 18.6. The molecule has 0 saturated carbocycles. The summed E-state index contributed by atoms with van der Waals surface area (Å²) in [4.78, 5) is 16.9. The molecular formula is C20H19BrN2O2S. The van der Waals surface area contributed by atoms with Gasteiger partial charge in [-0.2, -0.15) is 0 Å². The maximum absolute atomic E-state index is 12.3. The number of thiazole rings is 1. The summed E-state index contributed by atoms with van der Waals surface area (Å²) in [5.74, 6) is 0.729. The van der Waals surface area contributed by atoms with E-state index in [0.717, 1.165) is 37.7 Å². The molecule has 1 amide bonds. The largest absolute Gasteiger partial charge is 0.493 e. The van der Waals surface area contributed by atoms with Gasteiger partial charge in [-0.25, -0.2) is 4.98 Å². The van der Waals surface area contributed by atoms with Crippen LogP contribution in [0.2, 0.25) is 0 Å². The molecule has 3 aromatic rings. The molecular weight excluding hydrogens is 412 g/mol. The molecule has 0 unspecified atom stereocenters. The Morgan fingerprint density at radius 1 is 1.27 bits per heavy atom. The maximum atomic E-state index is 12.3. The number of aryl methyl sites for hydroxylation is 1. The molecule has 0 spiro atoms. The number of amides is 1. The number of carbonyl (C=O) groups excluding carboxylic acids is 1. The lowest BCUT2D eigenvalue weighted by atomic mass is 10.2. The van der Waals surface area contributed by atoms with Crippen LogP contribution in [0, 0.1) is 6.92 Å². The van der Waals surface area contributed by atoms with Crippen molar-refractivity contribution in [2.24, 2.45) is 0 Å². The number of nitrogens with one attached hydrogen (secondary N) is 1. The van der Waals surface area contributed by atoms with Gasteiger partial charge in [0.15, 0.2) is 0 Å². The van der Waals surface area contributed by atoms with Gasteiger partial charge in [0.1, 0.15) is 10.8 Å². The molecule has 1 N–H and O–H groups in total. The summed E-state index contributed by atoms with van der Waals surface area (Å²) < 4.78 is 6.69. The fraction of sp³-hybridized carbons (Fsp3) is 0.200. The third-order valence-electron chi connectivity index (χ3n) is 3.75. The Balaban J connectivity index is 1.70. The summed E-state index contributed by atoms with van der Waals surface area (Å²) in [5.41, 5.74) is 3.57. The van der Waals surface area contributed by atoms with E-state index in [1.807, 2.05) is 61.7 Å². The summed E-state index contributed by atoms with van der Waals surface area (Å²) in [6.45, 7) is 4.55. The van der Waals surface area contributed by atoms with E-state index < -0.39 is 0 Å². The van der Waals surface area contributed by atoms with Crippen LogP contribution in [0.15, 0.2) is 52.3 Å². The van der Waals surface area contributed by atoms with E-state index in [1.54, 1.807) is 0 Å². The van der Waals surface area contributed by atoms with Crippen LogP contribution in [-0.4, -0.2) is 17.5 Å². The van der Waals surface area contributed by atoms with Gasteiger partial charge in [-0.3, -0.25) is 4.79 Å². The molecule has 0 saturated heterocycles. The number of anilines is 1. The Morgan fingerprint density at radius 3 is 2.85 bits per heavy atom. The topological polar surface area (TPSA) is 51.2 Å². The van der Waals surface area contributed by atoms with Crippen LogP contribution in [0.25, 0.3) is 10.6 Å². The van der Waals surface area contributed by atoms with Crippen molar-refractivity contribution in [3.05, 3.63) is 63.6 Å². The molecule has 2 aromatic carbocycles. The first-order chi connectivity index (χ1) is 12.6. The van der Waals surface area contributed by atoms with Crippen molar-refractivity contribution >= 4 is 38.9 Å². The van der Waals surface area contributed by atoms with E-state index in [0.29, 0.717) is 6.61 Å². The van der Waals surface area contributed by atoms with Crippen LogP contribution in [0.5, 0.6) is 5.75 Å². The number of para-hydroxylation sites is 1. The first-order valence-corrected chi connectivity index (χ1v) is 9.96. The second kappa shape index (κ2) is 8.47. The van der Waals surface area contributed by atoms with Crippen LogP contribution in [0.3, 0.4) is 0 Å². The van der Waals surface area contributed by atoms with Crippen molar-refractivity contribution in [1.82, 2.24) is 4.98 Å². The van der Waals surface area contributed by atoms with Gasteiger partial charge in [-0.15, -0.1) is 11.3 Å². The molecule has 6 heteroatoms. The fourth-order valence-corrected chi connectivity index (χ4v) is 3.62. The number of benzene rings is 2. The zero-order valence-corrected chi connectivity index (χ0v) is 17.0. The predicted octanol–water partition coefficient (Wildman–Crippen LogP) is 5.46. The molecule has 0 radical (unpaired) electrons. The Kier molecular flexibility index (Phi) is 6.06. The third kappa shape index (κ3) is 4.51. The third-order valence-corrected chi connectivity index (χ3v) is 5.57. The molecule has 0 aliphatic rings. The number of carbonyl (C=O) groups is 1. The highest BCUT2D eigenvalue weighted by Gasteiger charge is 2.12. The van der Waals surface area contributed by atoms with Crippen LogP contribution in [0.4, 0.5) is 5.69 Å². The number of aromatic nitrogens is 1. The molecule has 3 rings (SSSR count). The quantitative estimate of drug-likeness (QED) is 0.564. The van der Waals surface area contributed by atoms with Crippen LogP contribution in [-0.2, 0) is 11.2 Å². The molecule has 0 bridgehead atoms. The zero-order chi connectivity index (χ0) is 18.5. The predicted molar refractivity (Wildman–Crippen MR) is 110 cm³/mol. The van der Waals surface area contributed by atoms with Crippen molar-refractivity contribution < 1.29 is 9.53 Å². The monoisotopic (exact) mass is 430 g/mol. The van der Waals surface area contributed by atoms with Crippen LogP contribution < -0.4 is 10.1 Å². The van der Waals surface area contributed by atoms with Crippen LogP contribution in [0.1, 0.15) is 18.2 Å². The summed E-state index contributed by atoms with van der Waals surface area (Å²) in [6, 6.07) is 13.6. The fourth-order valence-electron chi connectivity index (χ4n) is 2.53. The minimum Gasteiger partial charge on any atom is -0.493 e. The zero-order valence-electron chi connectivity index (χ0n) is 14.6. The van der Waals surface area contributed by atoms with E-state index >= 15 is 0 Å². The summed E-state index contributed by atoms with van der Waals surface area (Å²) in [7, 11) is 0. The van der Waals surface area contributed by atoms with Gasteiger partial charge in [0, 0.05) is 15.5 Å².